The summed E-state index contributed by atoms with van der Waals surface area (Å²) >= 11 is 0. The quantitative estimate of drug-likeness (QED) is 0.550. The first-order valence-electron chi connectivity index (χ1n) is 8.36. The van der Waals surface area contributed by atoms with Crippen LogP contribution in [0.3, 0.4) is 0 Å². The first-order valence-corrected chi connectivity index (χ1v) is 8.36. The summed E-state index contributed by atoms with van der Waals surface area (Å²) in [6.45, 7) is 0. The van der Waals surface area contributed by atoms with E-state index >= 15 is 0 Å². The third-order valence-electron chi connectivity index (χ3n) is 4.21. The maximum absolute atomic E-state index is 12.4. The molecule has 0 radical (unpaired) electrons. The number of anilines is 1. The lowest BCUT2D eigenvalue weighted by molar-refractivity contribution is 0.102. The molecule has 0 bridgehead atoms. The minimum absolute atomic E-state index is 0.126. The molecule has 0 saturated heterocycles. The zero-order valence-electron chi connectivity index (χ0n) is 14.0. The van der Waals surface area contributed by atoms with Gasteiger partial charge in [-0.25, -0.2) is 0 Å². The normalized spacial score (nSPS) is 10.5. The fourth-order valence-electron chi connectivity index (χ4n) is 2.80. The van der Waals surface area contributed by atoms with Gasteiger partial charge in [0.15, 0.2) is 0 Å². The van der Waals surface area contributed by atoms with E-state index in [-0.39, 0.29) is 5.91 Å². The second kappa shape index (κ2) is 7.07. The van der Waals surface area contributed by atoms with Gasteiger partial charge in [-0.3, -0.25) is 9.89 Å². The number of aromatic nitrogens is 2. The maximum Gasteiger partial charge on any atom is 0.255 e. The lowest BCUT2D eigenvalue weighted by Gasteiger charge is -2.07. The predicted molar refractivity (Wildman–Crippen MR) is 104 cm³/mol. The Morgan fingerprint density at radius 1 is 0.731 bits per heavy atom. The molecule has 0 aliphatic heterocycles. The van der Waals surface area contributed by atoms with Crippen molar-refractivity contribution in [2.75, 3.05) is 5.32 Å². The summed E-state index contributed by atoms with van der Waals surface area (Å²) in [5.41, 5.74) is 5.57. The Morgan fingerprint density at radius 2 is 1.38 bits per heavy atom. The fourth-order valence-corrected chi connectivity index (χ4v) is 2.80. The van der Waals surface area contributed by atoms with E-state index < -0.39 is 0 Å². The lowest BCUT2D eigenvalue weighted by atomic mass is 10.0. The van der Waals surface area contributed by atoms with Gasteiger partial charge in [-0.1, -0.05) is 54.6 Å². The van der Waals surface area contributed by atoms with Gasteiger partial charge in [0.25, 0.3) is 5.91 Å². The molecule has 0 aliphatic rings. The molecule has 0 aliphatic carbocycles. The number of carbonyl (C=O) groups is 1. The second-order valence-electron chi connectivity index (χ2n) is 5.95. The van der Waals surface area contributed by atoms with E-state index in [0.717, 1.165) is 28.1 Å². The zero-order valence-corrected chi connectivity index (χ0v) is 14.0. The summed E-state index contributed by atoms with van der Waals surface area (Å²) in [6.07, 6.45) is 1.71. The van der Waals surface area contributed by atoms with E-state index in [4.69, 9.17) is 0 Å². The van der Waals surface area contributed by atoms with Gasteiger partial charge in [-0.05, 0) is 47.0 Å². The highest BCUT2D eigenvalue weighted by molar-refractivity contribution is 6.04. The molecule has 0 unspecified atom stereocenters. The number of nitrogens with zero attached hydrogens (tertiary/aromatic N) is 1. The van der Waals surface area contributed by atoms with Crippen LogP contribution in [0.1, 0.15) is 10.4 Å². The second-order valence-corrected chi connectivity index (χ2v) is 5.95. The average Bonchev–Trinajstić information content (AvgIpc) is 3.24. The fraction of sp³-hybridized carbons (Fsp3) is 0. The van der Waals surface area contributed by atoms with Crippen LogP contribution in [0.25, 0.3) is 22.4 Å². The number of aromatic amines is 1. The van der Waals surface area contributed by atoms with Crippen LogP contribution in [-0.4, -0.2) is 16.1 Å². The SMILES string of the molecule is O=C(Nc1ccc(-c2ccn[nH]2)cc1)c1ccc(-c2ccccc2)cc1. The molecule has 4 aromatic rings. The Balaban J connectivity index is 1.46. The molecule has 1 heterocycles. The van der Waals surface area contributed by atoms with Crippen molar-refractivity contribution in [1.29, 1.82) is 0 Å². The molecule has 0 atom stereocenters. The van der Waals surface area contributed by atoms with Gasteiger partial charge in [-0.15, -0.1) is 0 Å². The molecule has 3 aromatic carbocycles. The van der Waals surface area contributed by atoms with Crippen molar-refractivity contribution in [3.05, 3.63) is 96.7 Å². The van der Waals surface area contributed by atoms with Crippen molar-refractivity contribution in [2.24, 2.45) is 0 Å². The Labute approximate surface area is 151 Å². The Hall–Kier alpha value is -3.66. The van der Waals surface area contributed by atoms with Crippen molar-refractivity contribution >= 4 is 11.6 Å². The number of amides is 1. The standard InChI is InChI=1S/C22H17N3O/c26-22(19-8-6-17(7-9-19)16-4-2-1-3-5-16)24-20-12-10-18(11-13-20)21-14-15-23-25-21/h1-15H,(H,23,25)(H,24,26). The number of nitrogens with one attached hydrogen (secondary N) is 2. The highest BCUT2D eigenvalue weighted by atomic mass is 16.1. The summed E-state index contributed by atoms with van der Waals surface area (Å²) in [4.78, 5) is 12.4. The van der Waals surface area contributed by atoms with E-state index in [1.807, 2.05) is 72.8 Å². The van der Waals surface area contributed by atoms with Crippen LogP contribution < -0.4 is 5.32 Å². The molecule has 0 spiro atoms. The molecule has 1 aromatic heterocycles. The molecular weight excluding hydrogens is 322 g/mol. The van der Waals surface area contributed by atoms with Gasteiger partial charge in [0, 0.05) is 17.4 Å². The van der Waals surface area contributed by atoms with E-state index in [0.29, 0.717) is 5.56 Å². The van der Waals surface area contributed by atoms with Gasteiger partial charge in [-0.2, -0.15) is 5.10 Å². The molecule has 4 rings (SSSR count). The highest BCUT2D eigenvalue weighted by Gasteiger charge is 2.07. The average molecular weight is 339 g/mol. The number of rotatable bonds is 4. The highest BCUT2D eigenvalue weighted by Crippen LogP contribution is 2.21. The van der Waals surface area contributed by atoms with Crippen LogP contribution >= 0.6 is 0 Å². The number of benzene rings is 3. The van der Waals surface area contributed by atoms with Gasteiger partial charge in [0.05, 0.1) is 5.69 Å². The summed E-state index contributed by atoms with van der Waals surface area (Å²) in [5, 5.41) is 9.79. The molecule has 4 nitrogen and oxygen atoms in total. The van der Waals surface area contributed by atoms with Crippen molar-refractivity contribution in [3.63, 3.8) is 0 Å². The van der Waals surface area contributed by atoms with Crippen molar-refractivity contribution < 1.29 is 4.79 Å². The third kappa shape index (κ3) is 3.39. The van der Waals surface area contributed by atoms with E-state index in [2.05, 4.69) is 27.6 Å². The summed E-state index contributed by atoms with van der Waals surface area (Å²) in [5.74, 6) is -0.126. The van der Waals surface area contributed by atoms with Crippen LogP contribution in [0.15, 0.2) is 91.1 Å². The molecule has 2 N–H and O–H groups in total. The largest absolute Gasteiger partial charge is 0.322 e. The van der Waals surface area contributed by atoms with Crippen molar-refractivity contribution in [1.82, 2.24) is 10.2 Å². The summed E-state index contributed by atoms with van der Waals surface area (Å²) in [6, 6.07) is 27.3. The van der Waals surface area contributed by atoms with E-state index in [9.17, 15) is 4.79 Å². The van der Waals surface area contributed by atoms with Crippen LogP contribution in [-0.2, 0) is 0 Å². The van der Waals surface area contributed by atoms with Crippen molar-refractivity contribution in [3.8, 4) is 22.4 Å². The topological polar surface area (TPSA) is 57.8 Å². The first kappa shape index (κ1) is 15.8. The number of H-pyrrole nitrogens is 1. The van der Waals surface area contributed by atoms with E-state index in [1.54, 1.807) is 6.20 Å². The number of hydrogen-bond donors (Lipinski definition) is 2. The minimum atomic E-state index is -0.126. The molecule has 0 fully saturated rings. The number of carbonyl (C=O) groups excluding carboxylic acids is 1. The Morgan fingerprint density at radius 3 is 2.04 bits per heavy atom. The molecule has 126 valence electrons. The maximum atomic E-state index is 12.4. The Bertz CT molecular complexity index is 990. The van der Waals surface area contributed by atoms with Crippen LogP contribution in [0, 0.1) is 0 Å². The van der Waals surface area contributed by atoms with Crippen LogP contribution in [0.4, 0.5) is 5.69 Å². The van der Waals surface area contributed by atoms with Crippen LogP contribution in [0.2, 0.25) is 0 Å². The minimum Gasteiger partial charge on any atom is -0.322 e. The lowest BCUT2D eigenvalue weighted by Crippen LogP contribution is -2.11. The van der Waals surface area contributed by atoms with Gasteiger partial charge in [0.1, 0.15) is 0 Å². The predicted octanol–water partition coefficient (Wildman–Crippen LogP) is 5.00. The van der Waals surface area contributed by atoms with Crippen LogP contribution in [0.5, 0.6) is 0 Å². The number of hydrogen-bond acceptors (Lipinski definition) is 2. The summed E-state index contributed by atoms with van der Waals surface area (Å²) < 4.78 is 0. The first-order chi connectivity index (χ1) is 12.8. The zero-order chi connectivity index (χ0) is 17.8. The molecule has 4 heteroatoms. The van der Waals surface area contributed by atoms with Gasteiger partial charge in [0.2, 0.25) is 0 Å². The molecule has 26 heavy (non-hydrogen) atoms. The smallest absolute Gasteiger partial charge is 0.255 e. The third-order valence-corrected chi connectivity index (χ3v) is 4.21. The summed E-state index contributed by atoms with van der Waals surface area (Å²) in [7, 11) is 0. The van der Waals surface area contributed by atoms with Crippen molar-refractivity contribution in [2.45, 2.75) is 0 Å². The van der Waals surface area contributed by atoms with E-state index in [1.165, 1.54) is 0 Å². The molecule has 0 saturated carbocycles. The molecule has 1 amide bonds. The Kier molecular flexibility index (Phi) is 4.31. The monoisotopic (exact) mass is 339 g/mol. The van der Waals surface area contributed by atoms with Gasteiger partial charge < -0.3 is 5.32 Å². The molecular formula is C22H17N3O. The van der Waals surface area contributed by atoms with Gasteiger partial charge >= 0.3 is 0 Å².